The molecule has 0 saturated carbocycles. The van der Waals surface area contributed by atoms with Crippen molar-refractivity contribution in [2.45, 2.75) is 39.2 Å². The summed E-state index contributed by atoms with van der Waals surface area (Å²) in [5, 5.41) is 3.51. The summed E-state index contributed by atoms with van der Waals surface area (Å²) >= 11 is 0. The highest BCUT2D eigenvalue weighted by Gasteiger charge is 2.07. The van der Waals surface area contributed by atoms with Gasteiger partial charge >= 0.3 is 0 Å². The van der Waals surface area contributed by atoms with Crippen molar-refractivity contribution in [3.63, 3.8) is 0 Å². The van der Waals surface area contributed by atoms with Crippen LogP contribution in [0.1, 0.15) is 38.7 Å². The van der Waals surface area contributed by atoms with Crippen LogP contribution in [0.5, 0.6) is 0 Å². The Labute approximate surface area is 92.9 Å². The van der Waals surface area contributed by atoms with Crippen LogP contribution >= 0.6 is 0 Å². The minimum atomic E-state index is 0.440. The van der Waals surface area contributed by atoms with Gasteiger partial charge in [0.05, 0.1) is 0 Å². The van der Waals surface area contributed by atoms with E-state index in [1.54, 1.807) is 0 Å². The van der Waals surface area contributed by atoms with Crippen LogP contribution in [0.2, 0.25) is 0 Å². The molecule has 0 bridgehead atoms. The Morgan fingerprint density at radius 1 is 1.20 bits per heavy atom. The summed E-state index contributed by atoms with van der Waals surface area (Å²) in [6.45, 7) is 7.34. The Balaban J connectivity index is 2.75. The molecular formula is C13H22N2. The smallest absolute Gasteiger partial charge is 0.0377 e. The highest BCUT2D eigenvalue weighted by Crippen LogP contribution is 2.24. The summed E-state index contributed by atoms with van der Waals surface area (Å²) in [4.78, 5) is 0. The molecule has 2 heteroatoms. The molecule has 0 saturated heterocycles. The molecule has 0 aliphatic carbocycles. The normalized spacial score (nSPS) is 12.9. The van der Waals surface area contributed by atoms with Gasteiger partial charge in [0.15, 0.2) is 0 Å². The van der Waals surface area contributed by atoms with E-state index >= 15 is 0 Å². The summed E-state index contributed by atoms with van der Waals surface area (Å²) in [6.07, 6.45) is 1.01. The minimum absolute atomic E-state index is 0.440. The average molecular weight is 206 g/mol. The molecule has 84 valence electrons. The van der Waals surface area contributed by atoms with Crippen LogP contribution in [0.15, 0.2) is 24.3 Å². The van der Waals surface area contributed by atoms with E-state index in [2.05, 4.69) is 50.4 Å². The van der Waals surface area contributed by atoms with Gasteiger partial charge in [0.25, 0.3) is 0 Å². The number of nitrogens with one attached hydrogen (secondary N) is 1. The Bertz CT molecular complexity index is 294. The molecule has 3 N–H and O–H groups in total. The third kappa shape index (κ3) is 3.56. The lowest BCUT2D eigenvalue weighted by Crippen LogP contribution is -2.20. The second kappa shape index (κ2) is 5.76. The number of hydrogen-bond acceptors (Lipinski definition) is 2. The summed E-state index contributed by atoms with van der Waals surface area (Å²) < 4.78 is 0. The van der Waals surface area contributed by atoms with Crippen LogP contribution in [0, 0.1) is 0 Å². The van der Waals surface area contributed by atoms with Crippen molar-refractivity contribution < 1.29 is 0 Å². The fourth-order valence-corrected chi connectivity index (χ4v) is 1.72. The van der Waals surface area contributed by atoms with Crippen molar-refractivity contribution in [1.29, 1.82) is 0 Å². The Morgan fingerprint density at radius 3 is 2.47 bits per heavy atom. The minimum Gasteiger partial charge on any atom is -0.382 e. The fraction of sp³-hybridized carbons (Fsp3) is 0.538. The van der Waals surface area contributed by atoms with E-state index in [1.807, 2.05) is 0 Å². The van der Waals surface area contributed by atoms with Gasteiger partial charge in [0, 0.05) is 11.7 Å². The van der Waals surface area contributed by atoms with Crippen molar-refractivity contribution in [2.24, 2.45) is 5.73 Å². The number of hydrogen-bond donors (Lipinski definition) is 2. The second-order valence-electron chi connectivity index (χ2n) is 4.36. The van der Waals surface area contributed by atoms with Crippen molar-refractivity contribution >= 4 is 5.69 Å². The largest absolute Gasteiger partial charge is 0.382 e. The zero-order chi connectivity index (χ0) is 11.3. The van der Waals surface area contributed by atoms with Gasteiger partial charge in [-0.25, -0.2) is 0 Å². The van der Waals surface area contributed by atoms with Crippen LogP contribution in [0.25, 0.3) is 0 Å². The standard InChI is InChI=1S/C13H22N2/c1-10(2)12-6-4-5-7-13(12)15-11(3)8-9-14/h4-7,10-11,15H,8-9,14H2,1-3H3. The molecule has 1 unspecified atom stereocenters. The van der Waals surface area contributed by atoms with E-state index in [0.717, 1.165) is 13.0 Å². The molecule has 0 aromatic heterocycles. The summed E-state index contributed by atoms with van der Waals surface area (Å²) in [5.41, 5.74) is 8.16. The topological polar surface area (TPSA) is 38.0 Å². The lowest BCUT2D eigenvalue weighted by Gasteiger charge is -2.19. The number of para-hydroxylation sites is 1. The van der Waals surface area contributed by atoms with Crippen molar-refractivity contribution in [2.75, 3.05) is 11.9 Å². The summed E-state index contributed by atoms with van der Waals surface area (Å²) in [7, 11) is 0. The molecule has 0 amide bonds. The monoisotopic (exact) mass is 206 g/mol. The first-order chi connectivity index (χ1) is 7.15. The molecule has 1 rings (SSSR count). The number of anilines is 1. The molecular weight excluding hydrogens is 184 g/mol. The number of rotatable bonds is 5. The maximum absolute atomic E-state index is 5.54. The van der Waals surface area contributed by atoms with E-state index in [4.69, 9.17) is 5.73 Å². The van der Waals surface area contributed by atoms with Crippen LogP contribution in [-0.4, -0.2) is 12.6 Å². The first-order valence-electron chi connectivity index (χ1n) is 5.70. The predicted octanol–water partition coefficient (Wildman–Crippen LogP) is 2.96. The Kier molecular flexibility index (Phi) is 4.63. The molecule has 0 radical (unpaired) electrons. The van der Waals surface area contributed by atoms with Crippen molar-refractivity contribution in [3.8, 4) is 0 Å². The summed E-state index contributed by atoms with van der Waals surface area (Å²) in [5.74, 6) is 0.554. The third-order valence-electron chi connectivity index (χ3n) is 2.58. The van der Waals surface area contributed by atoms with Crippen LogP contribution < -0.4 is 11.1 Å². The van der Waals surface area contributed by atoms with Gasteiger partial charge in [-0.3, -0.25) is 0 Å². The van der Waals surface area contributed by atoms with Gasteiger partial charge in [-0.2, -0.15) is 0 Å². The molecule has 0 heterocycles. The Hall–Kier alpha value is -1.02. The zero-order valence-electron chi connectivity index (χ0n) is 9.96. The molecule has 0 aliphatic rings. The van der Waals surface area contributed by atoms with Gasteiger partial charge in [-0.15, -0.1) is 0 Å². The fourth-order valence-electron chi connectivity index (χ4n) is 1.72. The molecule has 1 aromatic rings. The van der Waals surface area contributed by atoms with E-state index in [-0.39, 0.29) is 0 Å². The van der Waals surface area contributed by atoms with E-state index in [9.17, 15) is 0 Å². The first kappa shape index (κ1) is 12.1. The van der Waals surface area contributed by atoms with Gasteiger partial charge in [-0.1, -0.05) is 32.0 Å². The second-order valence-corrected chi connectivity index (χ2v) is 4.36. The van der Waals surface area contributed by atoms with Gasteiger partial charge < -0.3 is 11.1 Å². The molecule has 0 spiro atoms. The van der Waals surface area contributed by atoms with E-state index in [0.29, 0.717) is 12.0 Å². The molecule has 15 heavy (non-hydrogen) atoms. The van der Waals surface area contributed by atoms with Gasteiger partial charge in [0.2, 0.25) is 0 Å². The lowest BCUT2D eigenvalue weighted by atomic mass is 10.0. The number of benzene rings is 1. The molecule has 0 fully saturated rings. The number of nitrogens with two attached hydrogens (primary N) is 1. The molecule has 2 nitrogen and oxygen atoms in total. The first-order valence-corrected chi connectivity index (χ1v) is 5.70. The van der Waals surface area contributed by atoms with Crippen LogP contribution in [0.3, 0.4) is 0 Å². The van der Waals surface area contributed by atoms with E-state index < -0.39 is 0 Å². The Morgan fingerprint density at radius 2 is 1.87 bits per heavy atom. The maximum atomic E-state index is 5.54. The average Bonchev–Trinajstić information content (AvgIpc) is 2.18. The highest BCUT2D eigenvalue weighted by molar-refractivity contribution is 5.53. The SMILES string of the molecule is CC(CCN)Nc1ccccc1C(C)C. The van der Waals surface area contributed by atoms with Crippen LogP contribution in [0.4, 0.5) is 5.69 Å². The van der Waals surface area contributed by atoms with Crippen molar-refractivity contribution in [3.05, 3.63) is 29.8 Å². The van der Waals surface area contributed by atoms with Crippen molar-refractivity contribution in [1.82, 2.24) is 0 Å². The van der Waals surface area contributed by atoms with Gasteiger partial charge in [0.1, 0.15) is 0 Å². The van der Waals surface area contributed by atoms with Crippen LogP contribution in [-0.2, 0) is 0 Å². The third-order valence-corrected chi connectivity index (χ3v) is 2.58. The molecule has 0 aliphatic heterocycles. The highest BCUT2D eigenvalue weighted by atomic mass is 14.9. The molecule has 1 aromatic carbocycles. The summed E-state index contributed by atoms with van der Waals surface area (Å²) in [6, 6.07) is 8.93. The maximum Gasteiger partial charge on any atom is 0.0377 e. The quantitative estimate of drug-likeness (QED) is 0.777. The molecule has 1 atom stereocenters. The van der Waals surface area contributed by atoms with E-state index in [1.165, 1.54) is 11.3 Å². The lowest BCUT2D eigenvalue weighted by molar-refractivity contribution is 0.713. The predicted molar refractivity (Wildman–Crippen MR) is 67.3 cm³/mol. The van der Waals surface area contributed by atoms with Gasteiger partial charge in [-0.05, 0) is 37.4 Å². The zero-order valence-corrected chi connectivity index (χ0v) is 9.96.